The van der Waals surface area contributed by atoms with Crippen molar-refractivity contribution in [1.29, 1.82) is 0 Å². The number of halogens is 1. The summed E-state index contributed by atoms with van der Waals surface area (Å²) in [5.41, 5.74) is 3.09. The van der Waals surface area contributed by atoms with Crippen molar-refractivity contribution in [2.24, 2.45) is 0 Å². The summed E-state index contributed by atoms with van der Waals surface area (Å²) in [4.78, 5) is 42.2. The molecular formula is C33H39ClN6O4. The molecule has 3 aliphatic rings. The smallest absolute Gasteiger partial charge is 0.328 e. The molecule has 0 radical (unpaired) electrons. The van der Waals surface area contributed by atoms with Crippen molar-refractivity contribution in [3.8, 4) is 6.01 Å². The van der Waals surface area contributed by atoms with Gasteiger partial charge in [-0.05, 0) is 63.7 Å². The fourth-order valence-corrected chi connectivity index (χ4v) is 7.13. The molecule has 1 aromatic heterocycles. The number of carbonyl (C=O) groups is 2. The highest BCUT2D eigenvalue weighted by Crippen LogP contribution is 2.37. The van der Waals surface area contributed by atoms with Crippen LogP contribution in [0.5, 0.6) is 6.01 Å². The number of fused-ring (bicyclic) bond motifs is 2. The number of hydrogen-bond acceptors (Lipinski definition) is 8. The van der Waals surface area contributed by atoms with Crippen LogP contribution in [0.25, 0.3) is 10.8 Å². The SMILES string of the molecule is C[C@H]1C[C@H](N(C)c2nc(OC[C@@H]3CCCN3C)nc3c2CCN(c2cccc4cccc(Cl)c24)C3)CN1C(=O)/C=C/C(=O)O. The first-order valence-electron chi connectivity index (χ1n) is 15.3. The van der Waals surface area contributed by atoms with E-state index < -0.39 is 5.97 Å². The van der Waals surface area contributed by atoms with Crippen LogP contribution in [0.1, 0.15) is 37.4 Å². The molecule has 3 aliphatic heterocycles. The van der Waals surface area contributed by atoms with E-state index in [9.17, 15) is 9.59 Å². The monoisotopic (exact) mass is 618 g/mol. The largest absolute Gasteiger partial charge is 0.478 e. The molecule has 2 fully saturated rings. The summed E-state index contributed by atoms with van der Waals surface area (Å²) >= 11 is 6.70. The Balaban J connectivity index is 1.31. The highest BCUT2D eigenvalue weighted by molar-refractivity contribution is 6.36. The second-order valence-electron chi connectivity index (χ2n) is 12.1. The van der Waals surface area contributed by atoms with E-state index in [1.165, 1.54) is 0 Å². The van der Waals surface area contributed by atoms with Crippen molar-refractivity contribution < 1.29 is 19.4 Å². The van der Waals surface area contributed by atoms with Crippen molar-refractivity contribution in [2.75, 3.05) is 50.1 Å². The minimum absolute atomic E-state index is 0.00916. The van der Waals surface area contributed by atoms with Gasteiger partial charge in [0.1, 0.15) is 12.4 Å². The number of anilines is 2. The predicted octanol–water partition coefficient (Wildman–Crippen LogP) is 4.39. The minimum atomic E-state index is -1.14. The van der Waals surface area contributed by atoms with Crippen molar-refractivity contribution in [3.05, 3.63) is 64.8 Å². The first kappa shape index (κ1) is 30.1. The third kappa shape index (κ3) is 6.05. The molecule has 10 nitrogen and oxygen atoms in total. The van der Waals surface area contributed by atoms with Gasteiger partial charge >= 0.3 is 12.0 Å². The zero-order valence-electron chi connectivity index (χ0n) is 25.4. The van der Waals surface area contributed by atoms with E-state index in [-0.39, 0.29) is 18.0 Å². The van der Waals surface area contributed by atoms with E-state index in [1.807, 2.05) is 26.1 Å². The molecule has 11 heteroatoms. The van der Waals surface area contributed by atoms with E-state index in [1.54, 1.807) is 4.90 Å². The summed E-state index contributed by atoms with van der Waals surface area (Å²) in [6, 6.07) is 12.9. The van der Waals surface area contributed by atoms with Gasteiger partial charge in [-0.3, -0.25) is 4.79 Å². The molecule has 44 heavy (non-hydrogen) atoms. The number of aliphatic carboxylic acids is 1. The number of carbonyl (C=O) groups excluding carboxylic acids is 1. The van der Waals surface area contributed by atoms with Gasteiger partial charge in [0.15, 0.2) is 0 Å². The zero-order chi connectivity index (χ0) is 31.0. The standard InChI is InChI=1S/C33H39ClN6O4/c1-21-17-24(18-40(21)29(41)12-13-30(42)43)38(3)32-25-14-16-39(28-11-5-8-22-7-4-10-26(34)31(22)28)19-27(25)35-33(36-32)44-20-23-9-6-15-37(23)2/h4-5,7-8,10-13,21,23-24H,6,9,14-20H2,1-3H3,(H,42,43)/b13-12+/t21-,23-,24-/m0/s1. The van der Waals surface area contributed by atoms with Crippen LogP contribution in [-0.4, -0.2) is 95.2 Å². The van der Waals surface area contributed by atoms with Crippen LogP contribution < -0.4 is 14.5 Å². The molecule has 1 N–H and O–H groups in total. The molecular weight excluding hydrogens is 580 g/mol. The molecule has 4 heterocycles. The lowest BCUT2D eigenvalue weighted by atomic mass is 10.0. The number of ether oxygens (including phenoxy) is 1. The van der Waals surface area contributed by atoms with Crippen molar-refractivity contribution in [1.82, 2.24) is 19.8 Å². The number of rotatable bonds is 8. The van der Waals surface area contributed by atoms with Crippen molar-refractivity contribution >= 4 is 45.8 Å². The molecule has 3 atom stereocenters. The number of likely N-dealkylation sites (tertiary alicyclic amines) is 2. The van der Waals surface area contributed by atoms with Gasteiger partial charge in [0.05, 0.1) is 17.3 Å². The molecule has 0 aliphatic carbocycles. The predicted molar refractivity (Wildman–Crippen MR) is 172 cm³/mol. The van der Waals surface area contributed by atoms with Gasteiger partial charge in [-0.1, -0.05) is 35.9 Å². The van der Waals surface area contributed by atoms with Crippen LogP contribution in [0.4, 0.5) is 11.5 Å². The van der Waals surface area contributed by atoms with Gasteiger partial charge in [-0.25, -0.2) is 4.79 Å². The van der Waals surface area contributed by atoms with Crippen LogP contribution in [0.2, 0.25) is 5.02 Å². The lowest BCUT2D eigenvalue weighted by Crippen LogP contribution is -2.39. The molecule has 0 bridgehead atoms. The summed E-state index contributed by atoms with van der Waals surface area (Å²) in [5.74, 6) is -0.606. The third-order valence-corrected chi connectivity index (χ3v) is 9.67. The van der Waals surface area contributed by atoms with Crippen LogP contribution in [-0.2, 0) is 22.6 Å². The van der Waals surface area contributed by atoms with Gasteiger partial charge in [0, 0.05) is 67.1 Å². The van der Waals surface area contributed by atoms with Crippen LogP contribution >= 0.6 is 11.6 Å². The molecule has 0 saturated carbocycles. The molecule has 232 valence electrons. The second kappa shape index (κ2) is 12.6. The summed E-state index contributed by atoms with van der Waals surface area (Å²) in [6.45, 7) is 5.43. The summed E-state index contributed by atoms with van der Waals surface area (Å²) in [5, 5.41) is 11.8. The lowest BCUT2D eigenvalue weighted by molar-refractivity contribution is -0.132. The Bertz CT molecular complexity index is 1590. The molecule has 2 aromatic carbocycles. The van der Waals surface area contributed by atoms with Gasteiger partial charge in [-0.15, -0.1) is 0 Å². The second-order valence-corrected chi connectivity index (χ2v) is 12.5. The Hall–Kier alpha value is -3.89. The maximum atomic E-state index is 12.8. The van der Waals surface area contributed by atoms with E-state index in [4.69, 9.17) is 31.4 Å². The van der Waals surface area contributed by atoms with Crippen LogP contribution in [0.15, 0.2) is 48.6 Å². The topological polar surface area (TPSA) is 102 Å². The highest BCUT2D eigenvalue weighted by atomic mass is 35.5. The molecule has 3 aromatic rings. The maximum absolute atomic E-state index is 12.8. The lowest BCUT2D eigenvalue weighted by Gasteiger charge is -2.35. The Morgan fingerprint density at radius 1 is 1.16 bits per heavy atom. The number of nitrogens with zero attached hydrogens (tertiary/aromatic N) is 6. The molecule has 2 saturated heterocycles. The average Bonchev–Trinajstić information content (AvgIpc) is 3.62. The number of carboxylic acid groups (broad SMARTS) is 1. The Kier molecular flexibility index (Phi) is 8.64. The van der Waals surface area contributed by atoms with E-state index in [0.29, 0.717) is 31.7 Å². The Morgan fingerprint density at radius 3 is 2.70 bits per heavy atom. The summed E-state index contributed by atoms with van der Waals surface area (Å²) in [6.07, 6.45) is 5.76. The molecule has 0 spiro atoms. The Morgan fingerprint density at radius 2 is 1.95 bits per heavy atom. The minimum Gasteiger partial charge on any atom is -0.478 e. The van der Waals surface area contributed by atoms with E-state index in [2.05, 4.69) is 46.0 Å². The average molecular weight is 619 g/mol. The third-order valence-electron chi connectivity index (χ3n) is 9.36. The first-order chi connectivity index (χ1) is 21.2. The zero-order valence-corrected chi connectivity index (χ0v) is 26.2. The van der Waals surface area contributed by atoms with Gasteiger partial charge in [-0.2, -0.15) is 9.97 Å². The summed E-state index contributed by atoms with van der Waals surface area (Å²) < 4.78 is 6.29. The van der Waals surface area contributed by atoms with Crippen molar-refractivity contribution in [3.63, 3.8) is 0 Å². The normalized spacial score (nSPS) is 22.1. The van der Waals surface area contributed by atoms with Gasteiger partial charge in [0.2, 0.25) is 5.91 Å². The van der Waals surface area contributed by atoms with Crippen molar-refractivity contribution in [2.45, 2.75) is 57.3 Å². The quantitative estimate of drug-likeness (QED) is 0.368. The van der Waals surface area contributed by atoms with Gasteiger partial charge < -0.3 is 29.4 Å². The fraction of sp³-hybridized carbons (Fsp3) is 0.455. The van der Waals surface area contributed by atoms with E-state index >= 15 is 0 Å². The summed E-state index contributed by atoms with van der Waals surface area (Å²) in [7, 11) is 4.15. The highest BCUT2D eigenvalue weighted by Gasteiger charge is 2.36. The van der Waals surface area contributed by atoms with Gasteiger partial charge in [0.25, 0.3) is 0 Å². The van der Waals surface area contributed by atoms with Crippen LogP contribution in [0.3, 0.4) is 0 Å². The fourth-order valence-electron chi connectivity index (χ4n) is 6.85. The molecule has 0 unspecified atom stereocenters. The number of likely N-dealkylation sites (N-methyl/N-ethyl adjacent to an activating group) is 2. The molecule has 1 amide bonds. The number of aromatic nitrogens is 2. The van der Waals surface area contributed by atoms with Crippen LogP contribution in [0, 0.1) is 0 Å². The maximum Gasteiger partial charge on any atom is 0.328 e. The number of benzene rings is 2. The first-order valence-corrected chi connectivity index (χ1v) is 15.7. The number of carboxylic acids is 1. The Labute approximate surface area is 262 Å². The van der Waals surface area contributed by atoms with E-state index in [0.717, 1.165) is 89.5 Å². The number of hydrogen-bond donors (Lipinski definition) is 1. The molecule has 6 rings (SSSR count). The number of amides is 1.